The van der Waals surface area contributed by atoms with E-state index in [1.165, 1.54) is 12.7 Å². The second-order valence-corrected chi connectivity index (χ2v) is 8.49. The molecule has 2 aromatic carbocycles. The summed E-state index contributed by atoms with van der Waals surface area (Å²) in [5.41, 5.74) is 3.18. The first-order valence-corrected chi connectivity index (χ1v) is 11.5. The quantitative estimate of drug-likeness (QED) is 0.400. The third-order valence-electron chi connectivity index (χ3n) is 6.41. The number of esters is 1. The average molecular weight is 434 g/mol. The van der Waals surface area contributed by atoms with E-state index in [0.29, 0.717) is 24.8 Å². The van der Waals surface area contributed by atoms with Gasteiger partial charge in [0.1, 0.15) is 11.5 Å². The van der Waals surface area contributed by atoms with Crippen molar-refractivity contribution in [2.24, 2.45) is 11.8 Å². The molecule has 1 aliphatic rings. The Morgan fingerprint density at radius 3 is 2.59 bits per heavy atom. The predicted octanol–water partition coefficient (Wildman–Crippen LogP) is 5.79. The summed E-state index contributed by atoms with van der Waals surface area (Å²) < 4.78 is 16.7. The average Bonchev–Trinajstić information content (AvgIpc) is 3.45. The van der Waals surface area contributed by atoms with Crippen molar-refractivity contribution in [2.45, 2.75) is 45.4 Å². The molecule has 1 fully saturated rings. The van der Waals surface area contributed by atoms with Gasteiger partial charge in [-0.2, -0.15) is 0 Å². The highest BCUT2D eigenvalue weighted by atomic mass is 16.5. The minimum Gasteiger partial charge on any atom is -0.493 e. The van der Waals surface area contributed by atoms with E-state index in [9.17, 15) is 4.79 Å². The van der Waals surface area contributed by atoms with Gasteiger partial charge in [0.2, 0.25) is 5.89 Å². The molecule has 1 aromatic heterocycles. The van der Waals surface area contributed by atoms with Crippen molar-refractivity contribution >= 4 is 5.97 Å². The lowest BCUT2D eigenvalue weighted by Crippen LogP contribution is -2.20. The minimum atomic E-state index is -0.0468. The lowest BCUT2D eigenvalue weighted by Gasteiger charge is -2.17. The maximum atomic E-state index is 11.9. The van der Waals surface area contributed by atoms with Crippen molar-refractivity contribution in [3.8, 4) is 17.2 Å². The molecule has 5 heteroatoms. The zero-order valence-electron chi connectivity index (χ0n) is 18.9. The van der Waals surface area contributed by atoms with Crippen molar-refractivity contribution in [1.29, 1.82) is 0 Å². The van der Waals surface area contributed by atoms with Gasteiger partial charge in [-0.3, -0.25) is 4.79 Å². The summed E-state index contributed by atoms with van der Waals surface area (Å²) in [7, 11) is 1.49. The van der Waals surface area contributed by atoms with E-state index in [2.05, 4.69) is 17.1 Å². The lowest BCUT2D eigenvalue weighted by atomic mass is 9.90. The fraction of sp³-hybridized carbons (Fsp3) is 0.407. The van der Waals surface area contributed by atoms with Crippen LogP contribution in [0.3, 0.4) is 0 Å². The van der Waals surface area contributed by atoms with Crippen molar-refractivity contribution in [2.75, 3.05) is 13.7 Å². The molecular formula is C27H31NO4. The molecule has 0 unspecified atom stereocenters. The molecule has 0 bridgehead atoms. The van der Waals surface area contributed by atoms with Crippen LogP contribution in [0.2, 0.25) is 0 Å². The molecule has 2 atom stereocenters. The molecule has 0 amide bonds. The highest BCUT2D eigenvalue weighted by Crippen LogP contribution is 2.35. The monoisotopic (exact) mass is 433 g/mol. The van der Waals surface area contributed by atoms with Crippen LogP contribution in [-0.4, -0.2) is 24.7 Å². The normalized spacial score (nSPS) is 17.9. The van der Waals surface area contributed by atoms with Crippen LogP contribution in [0.1, 0.15) is 42.7 Å². The highest BCUT2D eigenvalue weighted by molar-refractivity contribution is 5.72. The van der Waals surface area contributed by atoms with Gasteiger partial charge in [-0.1, -0.05) is 36.8 Å². The number of aryl methyl sites for hydroxylation is 2. The Labute approximate surface area is 189 Å². The molecule has 1 heterocycles. The van der Waals surface area contributed by atoms with Gasteiger partial charge in [0.15, 0.2) is 0 Å². The van der Waals surface area contributed by atoms with Crippen molar-refractivity contribution in [3.05, 3.63) is 71.6 Å². The molecule has 1 aliphatic carbocycles. The fourth-order valence-electron chi connectivity index (χ4n) is 4.58. The van der Waals surface area contributed by atoms with Crippen LogP contribution in [0.4, 0.5) is 0 Å². The van der Waals surface area contributed by atoms with Gasteiger partial charge in [0, 0.05) is 12.0 Å². The number of hydrogen-bond acceptors (Lipinski definition) is 5. The van der Waals surface area contributed by atoms with Crippen molar-refractivity contribution in [3.63, 3.8) is 0 Å². The number of ether oxygens (including phenoxy) is 2. The van der Waals surface area contributed by atoms with Gasteiger partial charge in [-0.25, -0.2) is 4.98 Å². The predicted molar refractivity (Wildman–Crippen MR) is 123 cm³/mol. The van der Waals surface area contributed by atoms with Crippen molar-refractivity contribution < 1.29 is 18.7 Å². The zero-order valence-corrected chi connectivity index (χ0v) is 18.9. The Morgan fingerprint density at radius 2 is 1.84 bits per heavy atom. The summed E-state index contributed by atoms with van der Waals surface area (Å²) in [6.07, 6.45) is 5.89. The summed E-state index contributed by atoms with van der Waals surface area (Å²) >= 11 is 0. The van der Waals surface area contributed by atoms with Gasteiger partial charge in [-0.15, -0.1) is 0 Å². The number of benzene rings is 2. The molecule has 168 valence electrons. The molecule has 0 radical (unpaired) electrons. The number of oxazole rings is 1. The zero-order chi connectivity index (χ0) is 22.3. The first-order valence-electron chi connectivity index (χ1n) is 11.5. The van der Waals surface area contributed by atoms with Crippen LogP contribution in [0.25, 0.3) is 11.5 Å². The van der Waals surface area contributed by atoms with Gasteiger partial charge in [0.25, 0.3) is 0 Å². The standard InChI is InChI=1S/C27H31NO4/c1-19-25(28-26(32-19)22-7-4-3-5-8-22)17-18-31-23-15-12-20(13-16-23)11-14-21-9-6-10-24(21)27(29)30-2/h3-5,7-8,12-13,15-16,21,24H,6,9-11,14,17-18H2,1-2H3/t21-,24-/m1/s1. The molecule has 0 aliphatic heterocycles. The van der Waals surface area contributed by atoms with E-state index in [0.717, 1.165) is 54.9 Å². The largest absolute Gasteiger partial charge is 0.493 e. The topological polar surface area (TPSA) is 61.6 Å². The summed E-state index contributed by atoms with van der Waals surface area (Å²) in [4.78, 5) is 16.6. The van der Waals surface area contributed by atoms with Crippen LogP contribution >= 0.6 is 0 Å². The van der Waals surface area contributed by atoms with Crippen LogP contribution < -0.4 is 4.74 Å². The summed E-state index contributed by atoms with van der Waals surface area (Å²) in [5, 5.41) is 0. The Kier molecular flexibility index (Phi) is 7.25. The Morgan fingerprint density at radius 1 is 1.06 bits per heavy atom. The van der Waals surface area contributed by atoms with Crippen LogP contribution in [0, 0.1) is 18.8 Å². The highest BCUT2D eigenvalue weighted by Gasteiger charge is 2.33. The molecule has 1 saturated carbocycles. The lowest BCUT2D eigenvalue weighted by molar-refractivity contribution is -0.146. The Hall–Kier alpha value is -3.08. The van der Waals surface area contributed by atoms with E-state index in [1.807, 2.05) is 49.4 Å². The fourth-order valence-corrected chi connectivity index (χ4v) is 4.58. The first kappa shape index (κ1) is 22.1. The maximum absolute atomic E-state index is 11.9. The minimum absolute atomic E-state index is 0.0468. The third kappa shape index (κ3) is 5.39. The molecule has 5 nitrogen and oxygen atoms in total. The summed E-state index contributed by atoms with van der Waals surface area (Å²) in [6.45, 7) is 2.49. The number of carbonyl (C=O) groups excluding carboxylic acids is 1. The molecule has 0 saturated heterocycles. The van der Waals surface area contributed by atoms with Crippen LogP contribution in [-0.2, 0) is 22.4 Å². The summed E-state index contributed by atoms with van der Waals surface area (Å²) in [5.74, 6) is 2.80. The molecule has 3 aromatic rings. The van der Waals surface area contributed by atoms with Crippen LogP contribution in [0.5, 0.6) is 5.75 Å². The van der Waals surface area contributed by atoms with E-state index in [-0.39, 0.29) is 11.9 Å². The molecule has 32 heavy (non-hydrogen) atoms. The molecule has 0 N–H and O–H groups in total. The maximum Gasteiger partial charge on any atom is 0.308 e. The second-order valence-electron chi connectivity index (χ2n) is 8.49. The van der Waals surface area contributed by atoms with E-state index < -0.39 is 0 Å². The van der Waals surface area contributed by atoms with Gasteiger partial charge >= 0.3 is 5.97 Å². The van der Waals surface area contributed by atoms with Gasteiger partial charge in [-0.05, 0) is 68.4 Å². The third-order valence-corrected chi connectivity index (χ3v) is 6.41. The molecule has 0 spiro atoms. The van der Waals surface area contributed by atoms with E-state index in [1.54, 1.807) is 0 Å². The molecular weight excluding hydrogens is 402 g/mol. The second kappa shape index (κ2) is 10.5. The number of aromatic nitrogens is 1. The first-order chi connectivity index (χ1) is 15.6. The SMILES string of the molecule is COC(=O)[C@@H]1CCC[C@@H]1CCc1ccc(OCCc2nc(-c3ccccc3)oc2C)cc1. The molecule has 4 rings (SSSR count). The van der Waals surface area contributed by atoms with Crippen LogP contribution in [0.15, 0.2) is 59.0 Å². The van der Waals surface area contributed by atoms with E-state index in [4.69, 9.17) is 13.9 Å². The van der Waals surface area contributed by atoms with Crippen molar-refractivity contribution in [1.82, 2.24) is 4.98 Å². The number of carbonyl (C=O) groups is 1. The smallest absolute Gasteiger partial charge is 0.308 e. The van der Waals surface area contributed by atoms with Gasteiger partial charge in [0.05, 0.1) is 25.3 Å². The number of nitrogens with zero attached hydrogens (tertiary/aromatic N) is 1. The summed E-state index contributed by atoms with van der Waals surface area (Å²) in [6, 6.07) is 18.2. The number of methoxy groups -OCH3 is 1. The number of rotatable bonds is 9. The number of hydrogen-bond donors (Lipinski definition) is 0. The van der Waals surface area contributed by atoms with Gasteiger partial charge < -0.3 is 13.9 Å². The van der Waals surface area contributed by atoms with E-state index >= 15 is 0 Å². The Balaban J connectivity index is 1.25. The Bertz CT molecular complexity index is 1010.